The number of imidazole rings is 1. The van der Waals surface area contributed by atoms with Crippen LogP contribution in [0.4, 0.5) is 11.6 Å². The summed E-state index contributed by atoms with van der Waals surface area (Å²) in [5.41, 5.74) is 1.95. The monoisotopic (exact) mass is 337 g/mol. The first-order valence-electron chi connectivity index (χ1n) is 6.64. The topological polar surface area (TPSA) is 39.1 Å². The summed E-state index contributed by atoms with van der Waals surface area (Å²) in [6.07, 6.45) is 2.07. The van der Waals surface area contributed by atoms with Crippen LogP contribution in [0.15, 0.2) is 28.9 Å². The second-order valence-electron chi connectivity index (χ2n) is 5.22. The van der Waals surface area contributed by atoms with E-state index < -0.39 is 0 Å². The van der Waals surface area contributed by atoms with Crippen molar-refractivity contribution in [2.45, 2.75) is 27.3 Å². The van der Waals surface area contributed by atoms with Crippen molar-refractivity contribution in [1.82, 2.24) is 9.55 Å². The second-order valence-corrected chi connectivity index (χ2v) is 6.08. The van der Waals surface area contributed by atoms with Crippen molar-refractivity contribution in [2.75, 3.05) is 12.4 Å². The summed E-state index contributed by atoms with van der Waals surface area (Å²) in [6, 6.07) is 5.83. The lowest BCUT2D eigenvalue weighted by Crippen LogP contribution is -2.07. The fourth-order valence-corrected chi connectivity index (χ4v) is 2.37. The standard InChI is InChI=1S/C15H20BrN3O/c1-10(2)8-19-9-11(3)17-15(19)18-14-7-12(20-4)5-6-13(14)16/h5-7,9-10H,8H2,1-4H3,(H,17,18). The molecule has 0 fully saturated rings. The van der Waals surface area contributed by atoms with Gasteiger partial charge in [-0.3, -0.25) is 0 Å². The highest BCUT2D eigenvalue weighted by Crippen LogP contribution is 2.29. The van der Waals surface area contributed by atoms with Crippen LogP contribution in [-0.4, -0.2) is 16.7 Å². The number of hydrogen-bond acceptors (Lipinski definition) is 3. The van der Waals surface area contributed by atoms with Gasteiger partial charge in [-0.05, 0) is 40.9 Å². The quantitative estimate of drug-likeness (QED) is 0.880. The van der Waals surface area contributed by atoms with Crippen molar-refractivity contribution in [2.24, 2.45) is 5.92 Å². The molecular formula is C15H20BrN3O. The number of aromatic nitrogens is 2. The summed E-state index contributed by atoms with van der Waals surface area (Å²) in [5.74, 6) is 2.23. The fraction of sp³-hybridized carbons (Fsp3) is 0.400. The molecule has 1 aromatic carbocycles. The highest BCUT2D eigenvalue weighted by atomic mass is 79.9. The SMILES string of the molecule is COc1ccc(Br)c(Nc2nc(C)cn2CC(C)C)c1. The van der Waals surface area contributed by atoms with Crippen molar-refractivity contribution < 1.29 is 4.74 Å². The van der Waals surface area contributed by atoms with Crippen LogP contribution in [0, 0.1) is 12.8 Å². The molecule has 0 spiro atoms. The van der Waals surface area contributed by atoms with Crippen molar-refractivity contribution in [3.63, 3.8) is 0 Å². The Morgan fingerprint density at radius 2 is 2.15 bits per heavy atom. The number of nitrogens with zero attached hydrogens (tertiary/aromatic N) is 2. The number of aryl methyl sites for hydroxylation is 1. The lowest BCUT2D eigenvalue weighted by Gasteiger charge is -2.13. The molecule has 0 aliphatic heterocycles. The fourth-order valence-electron chi connectivity index (χ4n) is 2.03. The van der Waals surface area contributed by atoms with Gasteiger partial charge in [0.25, 0.3) is 0 Å². The van der Waals surface area contributed by atoms with Gasteiger partial charge in [-0.15, -0.1) is 0 Å². The molecule has 1 N–H and O–H groups in total. The molecule has 0 unspecified atom stereocenters. The van der Waals surface area contributed by atoms with Crippen molar-refractivity contribution in [3.05, 3.63) is 34.6 Å². The highest BCUT2D eigenvalue weighted by Gasteiger charge is 2.10. The van der Waals surface area contributed by atoms with Crippen LogP contribution in [0.3, 0.4) is 0 Å². The Hall–Kier alpha value is -1.49. The average Bonchev–Trinajstić information content (AvgIpc) is 2.71. The summed E-state index contributed by atoms with van der Waals surface area (Å²) in [6.45, 7) is 7.33. The molecule has 1 heterocycles. The lowest BCUT2D eigenvalue weighted by atomic mass is 10.2. The van der Waals surface area contributed by atoms with Gasteiger partial charge in [0.2, 0.25) is 5.95 Å². The normalized spacial score (nSPS) is 10.9. The Morgan fingerprint density at radius 3 is 2.80 bits per heavy atom. The van der Waals surface area contributed by atoms with Gasteiger partial charge in [0.15, 0.2) is 0 Å². The van der Waals surface area contributed by atoms with E-state index >= 15 is 0 Å². The number of anilines is 2. The minimum Gasteiger partial charge on any atom is -0.497 e. The van der Waals surface area contributed by atoms with E-state index in [1.165, 1.54) is 0 Å². The molecule has 5 heteroatoms. The zero-order valence-electron chi connectivity index (χ0n) is 12.3. The van der Waals surface area contributed by atoms with Crippen LogP contribution < -0.4 is 10.1 Å². The summed E-state index contributed by atoms with van der Waals surface area (Å²) >= 11 is 3.54. The highest BCUT2D eigenvalue weighted by molar-refractivity contribution is 9.10. The maximum absolute atomic E-state index is 5.26. The molecule has 0 saturated carbocycles. The Kier molecular flexibility index (Phi) is 4.70. The number of halogens is 1. The zero-order chi connectivity index (χ0) is 14.7. The van der Waals surface area contributed by atoms with Gasteiger partial charge in [-0.2, -0.15) is 0 Å². The van der Waals surface area contributed by atoms with Crippen molar-refractivity contribution in [3.8, 4) is 5.75 Å². The van der Waals surface area contributed by atoms with E-state index in [1.54, 1.807) is 7.11 Å². The molecule has 2 aromatic rings. The van der Waals surface area contributed by atoms with Gasteiger partial charge in [0.1, 0.15) is 5.75 Å². The van der Waals surface area contributed by atoms with E-state index in [1.807, 2.05) is 25.1 Å². The molecule has 2 rings (SSSR count). The zero-order valence-corrected chi connectivity index (χ0v) is 13.9. The maximum Gasteiger partial charge on any atom is 0.207 e. The number of rotatable bonds is 5. The average molecular weight is 338 g/mol. The third-order valence-corrected chi connectivity index (χ3v) is 3.57. The Balaban J connectivity index is 2.29. The minimum atomic E-state index is 0.568. The number of ether oxygens (including phenoxy) is 1. The van der Waals surface area contributed by atoms with E-state index in [4.69, 9.17) is 4.74 Å². The summed E-state index contributed by atoms with van der Waals surface area (Å²) in [7, 11) is 1.66. The van der Waals surface area contributed by atoms with Gasteiger partial charge < -0.3 is 14.6 Å². The first-order chi connectivity index (χ1) is 9.49. The van der Waals surface area contributed by atoms with Crippen LogP contribution in [0.1, 0.15) is 19.5 Å². The summed E-state index contributed by atoms with van der Waals surface area (Å²) in [4.78, 5) is 4.55. The number of hydrogen-bond donors (Lipinski definition) is 1. The molecule has 0 saturated heterocycles. The molecule has 0 atom stereocenters. The van der Waals surface area contributed by atoms with Crippen molar-refractivity contribution >= 4 is 27.6 Å². The van der Waals surface area contributed by atoms with Crippen LogP contribution in [0.2, 0.25) is 0 Å². The van der Waals surface area contributed by atoms with Crippen LogP contribution >= 0.6 is 15.9 Å². The first kappa shape index (κ1) is 14.9. The van der Waals surface area contributed by atoms with Gasteiger partial charge in [-0.25, -0.2) is 4.98 Å². The second kappa shape index (κ2) is 6.31. The predicted molar refractivity (Wildman–Crippen MR) is 85.8 cm³/mol. The van der Waals surface area contributed by atoms with E-state index in [9.17, 15) is 0 Å². The molecule has 108 valence electrons. The summed E-state index contributed by atoms with van der Waals surface area (Å²) < 4.78 is 8.39. The Labute approximate surface area is 128 Å². The van der Waals surface area contributed by atoms with Gasteiger partial charge in [0, 0.05) is 23.3 Å². The minimum absolute atomic E-state index is 0.568. The van der Waals surface area contributed by atoms with E-state index in [2.05, 4.69) is 50.8 Å². The molecule has 0 radical (unpaired) electrons. The van der Waals surface area contributed by atoms with E-state index in [0.29, 0.717) is 5.92 Å². The largest absolute Gasteiger partial charge is 0.497 e. The lowest BCUT2D eigenvalue weighted by molar-refractivity contribution is 0.415. The van der Waals surface area contributed by atoms with Crippen LogP contribution in [-0.2, 0) is 6.54 Å². The van der Waals surface area contributed by atoms with Gasteiger partial charge in [0.05, 0.1) is 18.5 Å². The number of nitrogens with one attached hydrogen (secondary N) is 1. The van der Waals surface area contributed by atoms with Gasteiger partial charge in [-0.1, -0.05) is 13.8 Å². The maximum atomic E-state index is 5.26. The number of benzene rings is 1. The molecule has 0 aliphatic carbocycles. The molecule has 0 aliphatic rings. The molecule has 4 nitrogen and oxygen atoms in total. The predicted octanol–water partition coefficient (Wildman–Crippen LogP) is 4.36. The molecular weight excluding hydrogens is 318 g/mol. The molecule has 0 bridgehead atoms. The molecule has 0 amide bonds. The molecule has 1 aromatic heterocycles. The van der Waals surface area contributed by atoms with Crippen LogP contribution in [0.5, 0.6) is 5.75 Å². The Morgan fingerprint density at radius 1 is 1.40 bits per heavy atom. The smallest absolute Gasteiger partial charge is 0.207 e. The molecule has 20 heavy (non-hydrogen) atoms. The first-order valence-corrected chi connectivity index (χ1v) is 7.43. The summed E-state index contributed by atoms with van der Waals surface area (Å²) in [5, 5.41) is 3.37. The Bertz CT molecular complexity index is 593. The third-order valence-electron chi connectivity index (χ3n) is 2.88. The van der Waals surface area contributed by atoms with Crippen LogP contribution in [0.25, 0.3) is 0 Å². The van der Waals surface area contributed by atoms with Crippen molar-refractivity contribution in [1.29, 1.82) is 0 Å². The van der Waals surface area contributed by atoms with Gasteiger partial charge >= 0.3 is 0 Å². The third kappa shape index (κ3) is 3.54. The van der Waals surface area contributed by atoms with E-state index in [0.717, 1.165) is 34.1 Å². The number of methoxy groups -OCH3 is 1. The van der Waals surface area contributed by atoms with E-state index in [-0.39, 0.29) is 0 Å².